The van der Waals surface area contributed by atoms with Crippen molar-refractivity contribution in [3.8, 4) is 6.07 Å². The standard InChI is InChI=1S/C11H7ClF3N/c12-9-2-1-7(11(13,14)15)5-8(9)10(6-16)3-4-10/h1-2,5H,3-4H2. The lowest BCUT2D eigenvalue weighted by Gasteiger charge is -2.13. The molecule has 0 aromatic heterocycles. The monoisotopic (exact) mass is 245 g/mol. The largest absolute Gasteiger partial charge is 0.416 e. The quantitative estimate of drug-likeness (QED) is 0.736. The number of nitriles is 1. The number of benzene rings is 1. The maximum Gasteiger partial charge on any atom is 0.416 e. The van der Waals surface area contributed by atoms with E-state index in [4.69, 9.17) is 16.9 Å². The smallest absolute Gasteiger partial charge is 0.197 e. The second-order valence-corrected chi connectivity index (χ2v) is 4.29. The van der Waals surface area contributed by atoms with Crippen LogP contribution in [0.25, 0.3) is 0 Å². The fraction of sp³-hybridized carbons (Fsp3) is 0.364. The number of halogens is 4. The van der Waals surface area contributed by atoms with Gasteiger partial charge in [-0.25, -0.2) is 0 Å². The average molecular weight is 246 g/mol. The van der Waals surface area contributed by atoms with E-state index in [1.807, 2.05) is 6.07 Å². The van der Waals surface area contributed by atoms with E-state index < -0.39 is 17.2 Å². The van der Waals surface area contributed by atoms with E-state index in [-0.39, 0.29) is 5.02 Å². The van der Waals surface area contributed by atoms with Gasteiger partial charge in [0.15, 0.2) is 0 Å². The van der Waals surface area contributed by atoms with Crippen molar-refractivity contribution in [1.82, 2.24) is 0 Å². The van der Waals surface area contributed by atoms with Gasteiger partial charge < -0.3 is 0 Å². The molecule has 0 N–H and O–H groups in total. The van der Waals surface area contributed by atoms with Crippen molar-refractivity contribution < 1.29 is 13.2 Å². The van der Waals surface area contributed by atoms with Gasteiger partial charge in [0.1, 0.15) is 0 Å². The molecule has 1 fully saturated rings. The maximum absolute atomic E-state index is 12.5. The molecular weight excluding hydrogens is 239 g/mol. The molecule has 0 aliphatic heterocycles. The SMILES string of the molecule is N#CC1(c2cc(C(F)(F)F)ccc2Cl)CC1. The molecule has 0 atom stereocenters. The van der Waals surface area contributed by atoms with Crippen molar-refractivity contribution in [1.29, 1.82) is 5.26 Å². The summed E-state index contributed by atoms with van der Waals surface area (Å²) >= 11 is 5.83. The van der Waals surface area contributed by atoms with Gasteiger partial charge in [-0.15, -0.1) is 0 Å². The zero-order valence-electron chi connectivity index (χ0n) is 8.11. The summed E-state index contributed by atoms with van der Waals surface area (Å²) < 4.78 is 37.5. The summed E-state index contributed by atoms with van der Waals surface area (Å²) in [5.41, 5.74) is -1.25. The molecule has 1 aromatic rings. The van der Waals surface area contributed by atoms with Crippen molar-refractivity contribution >= 4 is 11.6 Å². The highest BCUT2D eigenvalue weighted by atomic mass is 35.5. The van der Waals surface area contributed by atoms with Crippen LogP contribution in [0.2, 0.25) is 5.02 Å². The van der Waals surface area contributed by atoms with Gasteiger partial charge in [0.05, 0.1) is 17.0 Å². The number of nitrogens with zero attached hydrogens (tertiary/aromatic N) is 1. The van der Waals surface area contributed by atoms with Crippen LogP contribution in [0.3, 0.4) is 0 Å². The Hall–Kier alpha value is -1.21. The molecular formula is C11H7ClF3N. The van der Waals surface area contributed by atoms with E-state index in [0.717, 1.165) is 12.1 Å². The topological polar surface area (TPSA) is 23.8 Å². The fourth-order valence-electron chi connectivity index (χ4n) is 1.63. The van der Waals surface area contributed by atoms with E-state index in [0.29, 0.717) is 18.4 Å². The third-order valence-corrected chi connectivity index (χ3v) is 3.10. The summed E-state index contributed by atoms with van der Waals surface area (Å²) in [7, 11) is 0. The second kappa shape index (κ2) is 3.39. The van der Waals surface area contributed by atoms with Gasteiger partial charge in [-0.05, 0) is 36.6 Å². The third-order valence-electron chi connectivity index (χ3n) is 2.77. The Balaban J connectivity index is 2.51. The van der Waals surface area contributed by atoms with Crippen LogP contribution in [-0.4, -0.2) is 0 Å². The van der Waals surface area contributed by atoms with Crippen LogP contribution in [-0.2, 0) is 11.6 Å². The van der Waals surface area contributed by atoms with E-state index in [1.54, 1.807) is 0 Å². The highest BCUT2D eigenvalue weighted by molar-refractivity contribution is 6.31. The van der Waals surface area contributed by atoms with Crippen molar-refractivity contribution in [2.24, 2.45) is 0 Å². The molecule has 1 saturated carbocycles. The Morgan fingerprint density at radius 2 is 1.94 bits per heavy atom. The summed E-state index contributed by atoms with van der Waals surface area (Å²) in [5, 5.41) is 9.17. The summed E-state index contributed by atoms with van der Waals surface area (Å²) in [6, 6.07) is 5.16. The molecule has 84 valence electrons. The Morgan fingerprint density at radius 1 is 1.31 bits per heavy atom. The molecule has 0 heterocycles. The van der Waals surface area contributed by atoms with Gasteiger partial charge in [0.2, 0.25) is 0 Å². The predicted molar refractivity (Wildman–Crippen MR) is 53.0 cm³/mol. The van der Waals surface area contributed by atoms with Gasteiger partial charge >= 0.3 is 6.18 Å². The van der Waals surface area contributed by atoms with E-state index in [2.05, 4.69) is 0 Å². The van der Waals surface area contributed by atoms with E-state index >= 15 is 0 Å². The second-order valence-electron chi connectivity index (χ2n) is 3.89. The summed E-state index contributed by atoms with van der Waals surface area (Å²) in [4.78, 5) is 0. The first-order chi connectivity index (χ1) is 7.39. The van der Waals surface area contributed by atoms with E-state index in [1.165, 1.54) is 6.07 Å². The van der Waals surface area contributed by atoms with Crippen LogP contribution in [0.4, 0.5) is 13.2 Å². The van der Waals surface area contributed by atoms with Crippen LogP contribution in [0.5, 0.6) is 0 Å². The molecule has 1 nitrogen and oxygen atoms in total. The Kier molecular flexibility index (Phi) is 2.39. The highest BCUT2D eigenvalue weighted by Gasteiger charge is 2.47. The summed E-state index contributed by atoms with van der Waals surface area (Å²) in [6.45, 7) is 0. The molecule has 0 spiro atoms. The molecule has 1 aromatic carbocycles. The zero-order chi connectivity index (χ0) is 12.0. The molecule has 1 aliphatic rings. The minimum Gasteiger partial charge on any atom is -0.197 e. The molecule has 0 radical (unpaired) electrons. The van der Waals surface area contributed by atoms with E-state index in [9.17, 15) is 13.2 Å². The number of rotatable bonds is 1. The fourth-order valence-corrected chi connectivity index (χ4v) is 1.93. The third kappa shape index (κ3) is 1.76. The molecule has 1 aliphatic carbocycles. The Morgan fingerprint density at radius 3 is 2.38 bits per heavy atom. The molecule has 16 heavy (non-hydrogen) atoms. The normalized spacial score (nSPS) is 17.9. The summed E-state index contributed by atoms with van der Waals surface area (Å²) in [5.74, 6) is 0. The van der Waals surface area contributed by atoms with Crippen molar-refractivity contribution in [2.75, 3.05) is 0 Å². The van der Waals surface area contributed by atoms with Crippen molar-refractivity contribution in [3.05, 3.63) is 34.3 Å². The first-order valence-electron chi connectivity index (χ1n) is 4.67. The number of hydrogen-bond acceptors (Lipinski definition) is 1. The van der Waals surface area contributed by atoms with Gasteiger partial charge in [0, 0.05) is 5.02 Å². The molecule has 5 heteroatoms. The predicted octanol–water partition coefficient (Wildman–Crippen LogP) is 3.91. The van der Waals surface area contributed by atoms with Crippen molar-refractivity contribution in [2.45, 2.75) is 24.4 Å². The number of alkyl halides is 3. The average Bonchev–Trinajstić information content (AvgIpc) is 2.97. The van der Waals surface area contributed by atoms with Crippen molar-refractivity contribution in [3.63, 3.8) is 0 Å². The Labute approximate surface area is 95.4 Å². The lowest BCUT2D eigenvalue weighted by atomic mass is 9.95. The van der Waals surface area contributed by atoms with Crippen LogP contribution >= 0.6 is 11.6 Å². The van der Waals surface area contributed by atoms with Crippen LogP contribution in [0, 0.1) is 11.3 Å². The lowest BCUT2D eigenvalue weighted by molar-refractivity contribution is -0.137. The molecule has 0 amide bonds. The minimum atomic E-state index is -4.40. The number of hydrogen-bond donors (Lipinski definition) is 0. The Bertz CT molecular complexity index is 469. The molecule has 0 bridgehead atoms. The van der Waals surface area contributed by atoms with Gasteiger partial charge in [0.25, 0.3) is 0 Å². The first kappa shape index (κ1) is 11.3. The molecule has 2 rings (SSSR count). The van der Waals surface area contributed by atoms with Crippen LogP contribution in [0.15, 0.2) is 18.2 Å². The van der Waals surface area contributed by atoms with Crippen LogP contribution in [0.1, 0.15) is 24.0 Å². The highest BCUT2D eigenvalue weighted by Crippen LogP contribution is 2.50. The summed E-state index contributed by atoms with van der Waals surface area (Å²) in [6.07, 6.45) is -3.25. The van der Waals surface area contributed by atoms with Gasteiger partial charge in [-0.1, -0.05) is 11.6 Å². The minimum absolute atomic E-state index is 0.229. The lowest BCUT2D eigenvalue weighted by Crippen LogP contribution is -2.09. The van der Waals surface area contributed by atoms with Crippen LogP contribution < -0.4 is 0 Å². The van der Waals surface area contributed by atoms with Gasteiger partial charge in [-0.2, -0.15) is 18.4 Å². The zero-order valence-corrected chi connectivity index (χ0v) is 8.86. The first-order valence-corrected chi connectivity index (χ1v) is 5.05. The molecule has 0 saturated heterocycles. The maximum atomic E-state index is 12.5. The molecule has 0 unspecified atom stereocenters. The van der Waals surface area contributed by atoms with Gasteiger partial charge in [-0.3, -0.25) is 0 Å².